The SMILES string of the molecule is CCCC(C)(N)C(=O)N(C)Cc1ccccc1C(F)(F)F.Cl. The normalized spacial score (nSPS) is 14.0. The lowest BCUT2D eigenvalue weighted by molar-refractivity contribution is -0.140. The fourth-order valence-corrected chi connectivity index (χ4v) is 2.32. The van der Waals surface area contributed by atoms with E-state index < -0.39 is 17.3 Å². The minimum atomic E-state index is -4.43. The van der Waals surface area contributed by atoms with E-state index in [1.54, 1.807) is 6.92 Å². The van der Waals surface area contributed by atoms with Gasteiger partial charge in [-0.15, -0.1) is 12.4 Å². The zero-order chi connectivity index (χ0) is 16.3. The van der Waals surface area contributed by atoms with E-state index in [2.05, 4.69) is 0 Å². The van der Waals surface area contributed by atoms with Crippen molar-refractivity contribution < 1.29 is 18.0 Å². The van der Waals surface area contributed by atoms with Crippen LogP contribution in [0.25, 0.3) is 0 Å². The lowest BCUT2D eigenvalue weighted by Crippen LogP contribution is -2.51. The second kappa shape index (κ2) is 7.83. The minimum absolute atomic E-state index is 0. The van der Waals surface area contributed by atoms with Crippen molar-refractivity contribution >= 4 is 18.3 Å². The number of rotatable bonds is 5. The van der Waals surface area contributed by atoms with Crippen LogP contribution in [0.5, 0.6) is 0 Å². The summed E-state index contributed by atoms with van der Waals surface area (Å²) >= 11 is 0. The molecule has 1 atom stereocenters. The van der Waals surface area contributed by atoms with E-state index in [4.69, 9.17) is 5.73 Å². The average Bonchev–Trinajstić information content (AvgIpc) is 2.37. The van der Waals surface area contributed by atoms with E-state index in [0.29, 0.717) is 6.42 Å². The largest absolute Gasteiger partial charge is 0.416 e. The Bertz CT molecular complexity index is 504. The number of hydrogen-bond acceptors (Lipinski definition) is 2. The molecule has 7 heteroatoms. The van der Waals surface area contributed by atoms with Gasteiger partial charge in [-0.3, -0.25) is 4.79 Å². The Morgan fingerprint density at radius 1 is 1.27 bits per heavy atom. The third kappa shape index (κ3) is 5.18. The van der Waals surface area contributed by atoms with Crippen molar-refractivity contribution in [2.24, 2.45) is 5.73 Å². The number of halogens is 4. The van der Waals surface area contributed by atoms with E-state index >= 15 is 0 Å². The van der Waals surface area contributed by atoms with Crippen LogP contribution in [0.4, 0.5) is 13.2 Å². The van der Waals surface area contributed by atoms with Crippen LogP contribution in [0.2, 0.25) is 0 Å². The predicted molar refractivity (Wildman–Crippen MR) is 82.7 cm³/mol. The maximum absolute atomic E-state index is 12.9. The monoisotopic (exact) mass is 338 g/mol. The molecule has 126 valence electrons. The highest BCUT2D eigenvalue weighted by molar-refractivity contribution is 5.85. The quantitative estimate of drug-likeness (QED) is 0.891. The first-order valence-corrected chi connectivity index (χ1v) is 6.79. The van der Waals surface area contributed by atoms with Crippen LogP contribution >= 0.6 is 12.4 Å². The highest BCUT2D eigenvalue weighted by Gasteiger charge is 2.35. The number of carbonyl (C=O) groups is 1. The Hall–Kier alpha value is -1.27. The molecule has 0 saturated heterocycles. The van der Waals surface area contributed by atoms with Gasteiger partial charge in [-0.05, 0) is 25.0 Å². The number of carbonyl (C=O) groups excluding carboxylic acids is 1. The molecule has 1 aromatic rings. The molecule has 2 N–H and O–H groups in total. The number of likely N-dealkylation sites (N-methyl/N-ethyl adjacent to an activating group) is 1. The van der Waals surface area contributed by atoms with Crippen LogP contribution in [0.3, 0.4) is 0 Å². The van der Waals surface area contributed by atoms with E-state index in [1.165, 1.54) is 30.1 Å². The van der Waals surface area contributed by atoms with Crippen molar-refractivity contribution in [2.45, 2.75) is 44.9 Å². The van der Waals surface area contributed by atoms with Crippen molar-refractivity contribution in [3.05, 3.63) is 35.4 Å². The average molecular weight is 339 g/mol. The summed E-state index contributed by atoms with van der Waals surface area (Å²) in [5, 5.41) is 0. The molecule has 0 saturated carbocycles. The summed E-state index contributed by atoms with van der Waals surface area (Å²) in [7, 11) is 1.47. The Labute approximate surface area is 135 Å². The van der Waals surface area contributed by atoms with Gasteiger partial charge in [0.15, 0.2) is 0 Å². The number of benzene rings is 1. The van der Waals surface area contributed by atoms with Crippen LogP contribution in [0.1, 0.15) is 37.8 Å². The second-order valence-corrected chi connectivity index (χ2v) is 5.48. The molecule has 0 fully saturated rings. The minimum Gasteiger partial charge on any atom is -0.340 e. The molecule has 0 aliphatic heterocycles. The molecular formula is C15H22ClF3N2O. The fraction of sp³-hybridized carbons (Fsp3) is 0.533. The third-order valence-electron chi connectivity index (χ3n) is 3.33. The number of amides is 1. The maximum Gasteiger partial charge on any atom is 0.416 e. The first-order chi connectivity index (χ1) is 9.59. The zero-order valence-corrected chi connectivity index (χ0v) is 13.7. The number of nitrogens with zero attached hydrogens (tertiary/aromatic N) is 1. The topological polar surface area (TPSA) is 46.3 Å². The Kier molecular flexibility index (Phi) is 7.38. The van der Waals surface area contributed by atoms with E-state index in [9.17, 15) is 18.0 Å². The summed E-state index contributed by atoms with van der Waals surface area (Å²) < 4.78 is 38.8. The summed E-state index contributed by atoms with van der Waals surface area (Å²) in [5.41, 5.74) is 4.22. The first-order valence-electron chi connectivity index (χ1n) is 6.79. The summed E-state index contributed by atoms with van der Waals surface area (Å²) in [6.07, 6.45) is -3.22. The number of alkyl halides is 3. The van der Waals surface area contributed by atoms with Crippen LogP contribution in [-0.2, 0) is 17.5 Å². The number of nitrogens with two attached hydrogens (primary N) is 1. The summed E-state index contributed by atoms with van der Waals surface area (Å²) in [6.45, 7) is 3.38. The molecule has 22 heavy (non-hydrogen) atoms. The third-order valence-corrected chi connectivity index (χ3v) is 3.33. The first kappa shape index (κ1) is 20.7. The molecular weight excluding hydrogens is 317 g/mol. The Morgan fingerprint density at radius 3 is 2.32 bits per heavy atom. The van der Waals surface area contributed by atoms with Gasteiger partial charge in [0.05, 0.1) is 11.1 Å². The summed E-state index contributed by atoms with van der Waals surface area (Å²) in [6, 6.07) is 5.25. The van der Waals surface area contributed by atoms with Gasteiger partial charge in [-0.25, -0.2) is 0 Å². The van der Waals surface area contributed by atoms with E-state index in [-0.39, 0.29) is 30.4 Å². The van der Waals surface area contributed by atoms with Gasteiger partial charge in [0.25, 0.3) is 0 Å². The van der Waals surface area contributed by atoms with Gasteiger partial charge >= 0.3 is 6.18 Å². The Morgan fingerprint density at radius 2 is 1.82 bits per heavy atom. The molecule has 0 aliphatic rings. The second-order valence-electron chi connectivity index (χ2n) is 5.48. The molecule has 1 rings (SSSR count). The standard InChI is InChI=1S/C15H21F3N2O.ClH/c1-4-9-14(2,19)13(21)20(3)10-11-7-5-6-8-12(11)15(16,17)18;/h5-8H,4,9-10,19H2,1-3H3;1H. The molecule has 0 aromatic heterocycles. The molecule has 0 spiro atoms. The molecule has 1 amide bonds. The lowest BCUT2D eigenvalue weighted by Gasteiger charge is -2.29. The fourth-order valence-electron chi connectivity index (χ4n) is 2.32. The molecule has 0 radical (unpaired) electrons. The van der Waals surface area contributed by atoms with Crippen molar-refractivity contribution in [2.75, 3.05) is 7.05 Å². The van der Waals surface area contributed by atoms with Crippen molar-refractivity contribution in [3.8, 4) is 0 Å². The van der Waals surface area contributed by atoms with Gasteiger partial charge < -0.3 is 10.6 Å². The van der Waals surface area contributed by atoms with Gasteiger partial charge in [0.2, 0.25) is 5.91 Å². The Balaban J connectivity index is 0.00000441. The van der Waals surface area contributed by atoms with Crippen molar-refractivity contribution in [1.82, 2.24) is 4.90 Å². The molecule has 1 unspecified atom stereocenters. The van der Waals surface area contributed by atoms with Gasteiger partial charge in [-0.2, -0.15) is 13.2 Å². The van der Waals surface area contributed by atoms with Crippen LogP contribution in [0, 0.1) is 0 Å². The van der Waals surface area contributed by atoms with Gasteiger partial charge in [0.1, 0.15) is 0 Å². The van der Waals surface area contributed by atoms with Crippen LogP contribution in [0.15, 0.2) is 24.3 Å². The van der Waals surface area contributed by atoms with Gasteiger partial charge in [0, 0.05) is 13.6 Å². The van der Waals surface area contributed by atoms with Gasteiger partial charge in [-0.1, -0.05) is 31.5 Å². The summed E-state index contributed by atoms with van der Waals surface area (Å²) in [5.74, 6) is -0.360. The molecule has 0 bridgehead atoms. The molecule has 1 aromatic carbocycles. The summed E-state index contributed by atoms with van der Waals surface area (Å²) in [4.78, 5) is 13.5. The molecule has 0 heterocycles. The molecule has 0 aliphatic carbocycles. The zero-order valence-electron chi connectivity index (χ0n) is 12.9. The van der Waals surface area contributed by atoms with E-state index in [0.717, 1.165) is 12.5 Å². The van der Waals surface area contributed by atoms with Crippen LogP contribution in [-0.4, -0.2) is 23.4 Å². The lowest BCUT2D eigenvalue weighted by atomic mass is 9.95. The highest BCUT2D eigenvalue weighted by Crippen LogP contribution is 2.32. The highest BCUT2D eigenvalue weighted by atomic mass is 35.5. The van der Waals surface area contributed by atoms with Crippen molar-refractivity contribution in [3.63, 3.8) is 0 Å². The predicted octanol–water partition coefficient (Wildman–Crippen LogP) is 3.60. The maximum atomic E-state index is 12.9. The smallest absolute Gasteiger partial charge is 0.340 e. The van der Waals surface area contributed by atoms with Crippen molar-refractivity contribution in [1.29, 1.82) is 0 Å². The molecule has 3 nitrogen and oxygen atoms in total. The number of hydrogen-bond donors (Lipinski definition) is 1. The van der Waals surface area contributed by atoms with E-state index in [1.807, 2.05) is 6.92 Å². The van der Waals surface area contributed by atoms with Crippen LogP contribution < -0.4 is 5.73 Å².